The Morgan fingerprint density at radius 3 is 2.63 bits per heavy atom. The average molecular weight is 259 g/mol. The first-order chi connectivity index (χ1) is 9.12. The number of tetrazole rings is 1. The fourth-order valence-corrected chi connectivity index (χ4v) is 2.44. The number of aliphatic hydroxyl groups is 1. The molecule has 0 saturated carbocycles. The highest BCUT2D eigenvalue weighted by Crippen LogP contribution is 2.21. The summed E-state index contributed by atoms with van der Waals surface area (Å²) in [4.78, 5) is 2.13. The van der Waals surface area contributed by atoms with Gasteiger partial charge in [-0.05, 0) is 22.9 Å². The van der Waals surface area contributed by atoms with Crippen LogP contribution in [0.4, 0.5) is 0 Å². The number of hydrogen-bond donors (Lipinski definition) is 1. The smallest absolute Gasteiger partial charge is 0.165 e. The van der Waals surface area contributed by atoms with Gasteiger partial charge < -0.3 is 5.11 Å². The van der Waals surface area contributed by atoms with Crippen LogP contribution >= 0.6 is 0 Å². The molecule has 0 atom stereocenters. The lowest BCUT2D eigenvalue weighted by Gasteiger charge is -2.43. The molecule has 100 valence electrons. The summed E-state index contributed by atoms with van der Waals surface area (Å²) in [5, 5.41) is 21.5. The van der Waals surface area contributed by atoms with Gasteiger partial charge in [0, 0.05) is 13.1 Å². The quantitative estimate of drug-likeness (QED) is 0.854. The predicted molar refractivity (Wildman–Crippen MR) is 69.3 cm³/mol. The molecule has 6 nitrogen and oxygen atoms in total. The summed E-state index contributed by atoms with van der Waals surface area (Å²) in [6.45, 7) is 4.54. The highest BCUT2D eigenvalue weighted by molar-refractivity contribution is 5.15. The van der Waals surface area contributed by atoms with Crippen molar-refractivity contribution in [1.82, 2.24) is 25.1 Å². The van der Waals surface area contributed by atoms with Gasteiger partial charge in [0.2, 0.25) is 0 Å². The Morgan fingerprint density at radius 2 is 1.95 bits per heavy atom. The number of nitrogens with zero attached hydrogens (tertiary/aromatic N) is 5. The lowest BCUT2D eigenvalue weighted by molar-refractivity contribution is -0.0884. The molecule has 0 aliphatic carbocycles. The third-order valence-corrected chi connectivity index (χ3v) is 3.27. The van der Waals surface area contributed by atoms with E-state index in [1.807, 2.05) is 29.8 Å². The van der Waals surface area contributed by atoms with Gasteiger partial charge in [0.05, 0.1) is 18.7 Å². The van der Waals surface area contributed by atoms with Gasteiger partial charge in [0.15, 0.2) is 5.82 Å². The zero-order valence-electron chi connectivity index (χ0n) is 10.9. The van der Waals surface area contributed by atoms with Crippen molar-refractivity contribution in [3.8, 4) is 0 Å². The summed E-state index contributed by atoms with van der Waals surface area (Å²) in [5.74, 6) is 0.833. The molecule has 19 heavy (non-hydrogen) atoms. The molecule has 1 aliphatic heterocycles. The van der Waals surface area contributed by atoms with Crippen LogP contribution < -0.4 is 0 Å². The van der Waals surface area contributed by atoms with E-state index in [2.05, 4.69) is 32.6 Å². The molecule has 0 bridgehead atoms. The van der Waals surface area contributed by atoms with E-state index in [1.54, 1.807) is 0 Å². The van der Waals surface area contributed by atoms with Crippen LogP contribution in [0.15, 0.2) is 30.3 Å². The molecule has 1 saturated heterocycles. The number of rotatable bonds is 4. The van der Waals surface area contributed by atoms with Crippen molar-refractivity contribution in [3.63, 3.8) is 0 Å². The van der Waals surface area contributed by atoms with E-state index in [1.165, 1.54) is 5.56 Å². The number of likely N-dealkylation sites (tertiary alicyclic amines) is 1. The average Bonchev–Trinajstić information content (AvgIpc) is 2.76. The van der Waals surface area contributed by atoms with Crippen molar-refractivity contribution in [1.29, 1.82) is 0 Å². The zero-order chi connectivity index (χ0) is 13.3. The molecule has 0 amide bonds. The third kappa shape index (κ3) is 2.80. The van der Waals surface area contributed by atoms with Crippen molar-refractivity contribution < 1.29 is 5.11 Å². The number of benzene rings is 1. The summed E-state index contributed by atoms with van der Waals surface area (Å²) in [6, 6.07) is 10.1. The van der Waals surface area contributed by atoms with Crippen LogP contribution in [0.25, 0.3) is 0 Å². The molecule has 2 heterocycles. The second kappa shape index (κ2) is 4.71. The standard InChI is InChI=1S/C13H17N5O/c1-13(19)9-17(10-13)8-12-14-15-16-18(12)7-11-5-3-2-4-6-11/h2-6,19H,7-10H2,1H3. The summed E-state index contributed by atoms with van der Waals surface area (Å²) in [5.41, 5.74) is 0.615. The SMILES string of the molecule is CC1(O)CN(Cc2nnnn2Cc2ccccc2)C1. The fraction of sp³-hybridized carbons (Fsp3) is 0.462. The molecule has 3 rings (SSSR count). The minimum Gasteiger partial charge on any atom is -0.388 e. The van der Waals surface area contributed by atoms with Gasteiger partial charge in [-0.1, -0.05) is 30.3 Å². The van der Waals surface area contributed by atoms with Gasteiger partial charge in [0.25, 0.3) is 0 Å². The van der Waals surface area contributed by atoms with Crippen LogP contribution in [-0.2, 0) is 13.1 Å². The molecule has 1 aromatic carbocycles. The number of β-amino-alcohol motifs (C(OH)–C–C–N with tert-alkyl or cyclic N) is 1. The first kappa shape index (κ1) is 12.3. The van der Waals surface area contributed by atoms with Crippen LogP contribution in [0.5, 0.6) is 0 Å². The molecule has 1 aromatic heterocycles. The lowest BCUT2D eigenvalue weighted by Crippen LogP contribution is -2.59. The van der Waals surface area contributed by atoms with Crippen molar-refractivity contribution in [2.24, 2.45) is 0 Å². The Morgan fingerprint density at radius 1 is 1.21 bits per heavy atom. The largest absolute Gasteiger partial charge is 0.388 e. The molecule has 6 heteroatoms. The van der Waals surface area contributed by atoms with E-state index in [-0.39, 0.29) is 0 Å². The molecule has 0 unspecified atom stereocenters. The Balaban J connectivity index is 1.66. The third-order valence-electron chi connectivity index (χ3n) is 3.27. The van der Waals surface area contributed by atoms with Crippen LogP contribution in [0.1, 0.15) is 18.3 Å². The number of hydrogen-bond acceptors (Lipinski definition) is 5. The summed E-state index contributed by atoms with van der Waals surface area (Å²) in [6.07, 6.45) is 0. The Hall–Kier alpha value is -1.79. The summed E-state index contributed by atoms with van der Waals surface area (Å²) in [7, 11) is 0. The highest BCUT2D eigenvalue weighted by Gasteiger charge is 2.36. The predicted octanol–water partition coefficient (Wildman–Crippen LogP) is 0.288. The Bertz CT molecular complexity index is 543. The molecule has 0 spiro atoms. The second-order valence-electron chi connectivity index (χ2n) is 5.38. The highest BCUT2D eigenvalue weighted by atomic mass is 16.3. The van der Waals surface area contributed by atoms with Crippen LogP contribution in [-0.4, -0.2) is 48.9 Å². The van der Waals surface area contributed by atoms with E-state index in [0.29, 0.717) is 26.2 Å². The van der Waals surface area contributed by atoms with Gasteiger partial charge in [-0.2, -0.15) is 0 Å². The van der Waals surface area contributed by atoms with Gasteiger partial charge >= 0.3 is 0 Å². The lowest BCUT2D eigenvalue weighted by atomic mass is 9.97. The maximum absolute atomic E-state index is 9.72. The van der Waals surface area contributed by atoms with Crippen LogP contribution in [0.3, 0.4) is 0 Å². The van der Waals surface area contributed by atoms with E-state index in [4.69, 9.17) is 0 Å². The summed E-state index contributed by atoms with van der Waals surface area (Å²) >= 11 is 0. The topological polar surface area (TPSA) is 67.1 Å². The van der Waals surface area contributed by atoms with Crippen molar-refractivity contribution in [2.75, 3.05) is 13.1 Å². The van der Waals surface area contributed by atoms with Gasteiger partial charge in [0.1, 0.15) is 0 Å². The van der Waals surface area contributed by atoms with Crippen LogP contribution in [0, 0.1) is 0 Å². The molecule has 1 aliphatic rings. The maximum atomic E-state index is 9.72. The molecule has 0 radical (unpaired) electrons. The van der Waals surface area contributed by atoms with Crippen molar-refractivity contribution in [3.05, 3.63) is 41.7 Å². The Labute approximate surface area is 111 Å². The molecular weight excluding hydrogens is 242 g/mol. The van der Waals surface area contributed by atoms with Crippen LogP contribution in [0.2, 0.25) is 0 Å². The monoisotopic (exact) mass is 259 g/mol. The maximum Gasteiger partial charge on any atom is 0.165 e. The molecule has 2 aromatic rings. The molecular formula is C13H17N5O. The first-order valence-corrected chi connectivity index (χ1v) is 6.36. The van der Waals surface area contributed by atoms with E-state index in [0.717, 1.165) is 5.82 Å². The second-order valence-corrected chi connectivity index (χ2v) is 5.38. The summed E-state index contributed by atoms with van der Waals surface area (Å²) < 4.78 is 1.81. The fourth-order valence-electron chi connectivity index (χ4n) is 2.44. The molecule has 1 N–H and O–H groups in total. The normalized spacial score (nSPS) is 18.2. The van der Waals surface area contributed by atoms with E-state index >= 15 is 0 Å². The van der Waals surface area contributed by atoms with Gasteiger partial charge in [-0.15, -0.1) is 5.10 Å². The minimum atomic E-state index is -0.558. The first-order valence-electron chi connectivity index (χ1n) is 6.36. The minimum absolute atomic E-state index is 0.558. The zero-order valence-corrected chi connectivity index (χ0v) is 10.9. The van der Waals surface area contributed by atoms with Gasteiger partial charge in [-0.3, -0.25) is 4.90 Å². The van der Waals surface area contributed by atoms with Crippen molar-refractivity contribution >= 4 is 0 Å². The van der Waals surface area contributed by atoms with E-state index < -0.39 is 5.60 Å². The molecule has 1 fully saturated rings. The van der Waals surface area contributed by atoms with Gasteiger partial charge in [-0.25, -0.2) is 4.68 Å². The number of aromatic nitrogens is 4. The van der Waals surface area contributed by atoms with E-state index in [9.17, 15) is 5.11 Å². The Kier molecular flexibility index (Phi) is 3.04. The van der Waals surface area contributed by atoms with Crippen molar-refractivity contribution in [2.45, 2.75) is 25.6 Å².